The van der Waals surface area contributed by atoms with Gasteiger partial charge in [0.15, 0.2) is 5.16 Å². The number of nitro benzene ring substituents is 1. The van der Waals surface area contributed by atoms with Crippen LogP contribution in [0.4, 0.5) is 5.69 Å². The number of benzene rings is 3. The first-order valence-corrected chi connectivity index (χ1v) is 11.1. The number of ether oxygens (including phenoxy) is 1. The molecule has 0 saturated heterocycles. The van der Waals surface area contributed by atoms with E-state index in [2.05, 4.69) is 4.98 Å². The number of H-pyrrole nitrogens is 1. The van der Waals surface area contributed by atoms with E-state index in [1.54, 1.807) is 35.9 Å². The Morgan fingerprint density at radius 3 is 2.48 bits per heavy atom. The average Bonchev–Trinajstić information content (AvgIpc) is 3.22. The van der Waals surface area contributed by atoms with E-state index in [0.29, 0.717) is 33.4 Å². The number of hydrogen-bond acceptors (Lipinski definition) is 6. The van der Waals surface area contributed by atoms with E-state index >= 15 is 0 Å². The number of aromatic amines is 1. The molecular weight excluding hydrogens is 440 g/mol. The van der Waals surface area contributed by atoms with E-state index in [-0.39, 0.29) is 11.2 Å². The molecule has 3 aromatic carbocycles. The molecule has 0 spiro atoms. The van der Waals surface area contributed by atoms with E-state index in [4.69, 9.17) is 9.72 Å². The van der Waals surface area contributed by atoms with Crippen LogP contribution in [0.1, 0.15) is 5.56 Å². The second-order valence-electron chi connectivity index (χ2n) is 7.34. The number of nitrogens with one attached hydrogen (secondary N) is 1. The van der Waals surface area contributed by atoms with E-state index in [1.165, 1.54) is 23.9 Å². The molecule has 0 amide bonds. The topological polar surface area (TPSA) is 103 Å². The second kappa shape index (κ2) is 8.44. The number of hydrogen-bond donors (Lipinski definition) is 1. The smallest absolute Gasteiger partial charge is 0.283 e. The molecule has 0 atom stereocenters. The summed E-state index contributed by atoms with van der Waals surface area (Å²) >= 11 is 1.40. The minimum Gasteiger partial charge on any atom is -0.497 e. The molecule has 0 radical (unpaired) electrons. The molecule has 0 bridgehead atoms. The van der Waals surface area contributed by atoms with Crippen molar-refractivity contribution in [3.63, 3.8) is 0 Å². The van der Waals surface area contributed by atoms with Crippen molar-refractivity contribution in [3.05, 3.63) is 98.8 Å². The Bertz CT molecular complexity index is 1540. The largest absolute Gasteiger partial charge is 0.497 e. The summed E-state index contributed by atoms with van der Waals surface area (Å²) in [5.41, 5.74) is 3.29. The van der Waals surface area contributed by atoms with E-state index in [0.717, 1.165) is 16.5 Å². The summed E-state index contributed by atoms with van der Waals surface area (Å²) < 4.78 is 6.82. The third-order valence-corrected chi connectivity index (χ3v) is 6.35. The van der Waals surface area contributed by atoms with Crippen LogP contribution in [0.3, 0.4) is 0 Å². The average molecular weight is 458 g/mol. The van der Waals surface area contributed by atoms with Gasteiger partial charge in [0.2, 0.25) is 0 Å². The lowest BCUT2D eigenvalue weighted by Gasteiger charge is -2.13. The minimum atomic E-state index is -0.426. The Kier molecular flexibility index (Phi) is 5.31. The summed E-state index contributed by atoms with van der Waals surface area (Å²) in [4.78, 5) is 32.1. The maximum Gasteiger partial charge on any atom is 0.283 e. The Hall–Kier alpha value is -4.11. The zero-order valence-corrected chi connectivity index (χ0v) is 18.3. The monoisotopic (exact) mass is 458 g/mol. The molecule has 5 aromatic rings. The summed E-state index contributed by atoms with van der Waals surface area (Å²) in [7, 11) is 1.59. The van der Waals surface area contributed by atoms with Crippen LogP contribution in [0.2, 0.25) is 0 Å². The number of fused-ring (bicyclic) bond motifs is 3. The van der Waals surface area contributed by atoms with Crippen molar-refractivity contribution in [2.24, 2.45) is 0 Å². The van der Waals surface area contributed by atoms with Crippen molar-refractivity contribution >= 4 is 39.4 Å². The number of non-ortho nitro benzene ring substituents is 1. The number of aromatic nitrogens is 3. The lowest BCUT2D eigenvalue weighted by molar-refractivity contribution is -0.384. The van der Waals surface area contributed by atoms with Gasteiger partial charge in [-0.1, -0.05) is 42.1 Å². The molecular formula is C24H18N4O4S. The van der Waals surface area contributed by atoms with Gasteiger partial charge in [0.05, 0.1) is 17.7 Å². The minimum absolute atomic E-state index is 0.0391. The number of thioether (sulfide) groups is 1. The van der Waals surface area contributed by atoms with Crippen molar-refractivity contribution in [1.29, 1.82) is 0 Å². The summed E-state index contributed by atoms with van der Waals surface area (Å²) in [6.07, 6.45) is 0. The van der Waals surface area contributed by atoms with Crippen molar-refractivity contribution in [2.75, 3.05) is 7.11 Å². The molecule has 5 rings (SSSR count). The summed E-state index contributed by atoms with van der Waals surface area (Å²) in [5.74, 6) is 1.18. The van der Waals surface area contributed by atoms with Crippen molar-refractivity contribution in [2.45, 2.75) is 10.9 Å². The third kappa shape index (κ3) is 3.83. The maximum atomic E-state index is 13.6. The van der Waals surface area contributed by atoms with Crippen LogP contribution in [-0.4, -0.2) is 26.6 Å². The predicted molar refractivity (Wildman–Crippen MR) is 128 cm³/mol. The van der Waals surface area contributed by atoms with Gasteiger partial charge in [0.25, 0.3) is 11.2 Å². The fourth-order valence-electron chi connectivity index (χ4n) is 3.66. The van der Waals surface area contributed by atoms with Crippen LogP contribution in [0, 0.1) is 10.1 Å². The Morgan fingerprint density at radius 2 is 1.79 bits per heavy atom. The molecule has 0 aliphatic rings. The van der Waals surface area contributed by atoms with Gasteiger partial charge in [-0.3, -0.25) is 19.5 Å². The zero-order valence-electron chi connectivity index (χ0n) is 17.5. The molecule has 33 heavy (non-hydrogen) atoms. The Balaban J connectivity index is 1.63. The summed E-state index contributed by atoms with van der Waals surface area (Å²) in [6, 6.07) is 21.3. The molecule has 1 N–H and O–H groups in total. The first-order chi connectivity index (χ1) is 16.0. The molecule has 8 nitrogen and oxygen atoms in total. The molecule has 0 unspecified atom stereocenters. The van der Waals surface area contributed by atoms with Crippen LogP contribution in [0.5, 0.6) is 5.75 Å². The number of para-hydroxylation sites is 1. The fraction of sp³-hybridized carbons (Fsp3) is 0.0833. The standard InChI is InChI=1S/C24H18N4O4S/c1-32-18-12-10-16(11-13-18)27-23(29)22-21(19-4-2-3-5-20(19)25-22)26-24(27)33-14-15-6-8-17(9-7-15)28(30)31/h2-13,25H,14H2,1H3. The predicted octanol–water partition coefficient (Wildman–Crippen LogP) is 5.08. The maximum absolute atomic E-state index is 13.6. The third-order valence-electron chi connectivity index (χ3n) is 5.34. The van der Waals surface area contributed by atoms with Crippen LogP contribution < -0.4 is 10.3 Å². The number of nitrogens with zero attached hydrogens (tertiary/aromatic N) is 3. The Labute approximate surface area is 192 Å². The number of methoxy groups -OCH3 is 1. The highest BCUT2D eigenvalue weighted by atomic mass is 32.2. The van der Waals surface area contributed by atoms with Gasteiger partial charge in [0.1, 0.15) is 16.8 Å². The van der Waals surface area contributed by atoms with Crippen LogP contribution in [0.15, 0.2) is 82.7 Å². The van der Waals surface area contributed by atoms with Gasteiger partial charge in [-0.15, -0.1) is 0 Å². The highest BCUT2D eigenvalue weighted by molar-refractivity contribution is 7.98. The summed E-state index contributed by atoms with van der Waals surface area (Å²) in [6.45, 7) is 0. The molecule has 2 aromatic heterocycles. The second-order valence-corrected chi connectivity index (χ2v) is 8.28. The van der Waals surface area contributed by atoms with Gasteiger partial charge in [0, 0.05) is 28.8 Å². The van der Waals surface area contributed by atoms with Gasteiger partial charge >= 0.3 is 0 Å². The lowest BCUT2D eigenvalue weighted by atomic mass is 10.2. The highest BCUT2D eigenvalue weighted by Gasteiger charge is 2.17. The molecule has 0 aliphatic carbocycles. The first kappa shape index (κ1) is 20.8. The molecule has 2 heterocycles. The molecule has 0 fully saturated rings. The van der Waals surface area contributed by atoms with Crippen LogP contribution in [0.25, 0.3) is 27.6 Å². The first-order valence-electron chi connectivity index (χ1n) is 10.1. The van der Waals surface area contributed by atoms with E-state index in [1.807, 2.05) is 36.4 Å². The van der Waals surface area contributed by atoms with Crippen LogP contribution >= 0.6 is 11.8 Å². The Morgan fingerprint density at radius 1 is 1.06 bits per heavy atom. The number of nitro groups is 1. The van der Waals surface area contributed by atoms with Crippen molar-refractivity contribution in [3.8, 4) is 11.4 Å². The normalized spacial score (nSPS) is 11.2. The van der Waals surface area contributed by atoms with Gasteiger partial charge in [-0.05, 0) is 35.9 Å². The van der Waals surface area contributed by atoms with Gasteiger partial charge < -0.3 is 9.72 Å². The molecule has 0 saturated carbocycles. The zero-order chi connectivity index (χ0) is 22.9. The van der Waals surface area contributed by atoms with Gasteiger partial charge in [-0.2, -0.15) is 0 Å². The fourth-order valence-corrected chi connectivity index (χ4v) is 4.62. The SMILES string of the molecule is COc1ccc(-n2c(SCc3ccc([N+](=O)[O-])cc3)nc3c([nH]c4ccccc43)c2=O)cc1. The van der Waals surface area contributed by atoms with Crippen LogP contribution in [-0.2, 0) is 5.75 Å². The molecule has 0 aliphatic heterocycles. The quantitative estimate of drug-likeness (QED) is 0.165. The van der Waals surface area contributed by atoms with E-state index in [9.17, 15) is 14.9 Å². The van der Waals surface area contributed by atoms with E-state index < -0.39 is 4.92 Å². The highest BCUT2D eigenvalue weighted by Crippen LogP contribution is 2.29. The van der Waals surface area contributed by atoms with Gasteiger partial charge in [-0.25, -0.2) is 4.98 Å². The number of rotatable bonds is 6. The van der Waals surface area contributed by atoms with Crippen molar-refractivity contribution in [1.82, 2.24) is 14.5 Å². The summed E-state index contributed by atoms with van der Waals surface area (Å²) in [5, 5.41) is 12.3. The lowest BCUT2D eigenvalue weighted by Crippen LogP contribution is -2.21. The molecule has 9 heteroatoms. The van der Waals surface area contributed by atoms with Crippen molar-refractivity contribution < 1.29 is 9.66 Å². The molecule has 164 valence electrons.